The van der Waals surface area contributed by atoms with E-state index in [1.807, 2.05) is 0 Å². The van der Waals surface area contributed by atoms with Crippen molar-refractivity contribution in [3.05, 3.63) is 0 Å². The van der Waals surface area contributed by atoms with Gasteiger partial charge in [0.25, 0.3) is 0 Å². The highest BCUT2D eigenvalue weighted by Gasteiger charge is 2.23. The largest absolute Gasteiger partial charge is 0.380 e. The van der Waals surface area contributed by atoms with Crippen LogP contribution in [0.5, 0.6) is 0 Å². The molecule has 2 saturated heterocycles. The predicted molar refractivity (Wildman–Crippen MR) is 65.6 cm³/mol. The molecule has 2 heterocycles. The maximum absolute atomic E-state index is 10.8. The van der Waals surface area contributed by atoms with Gasteiger partial charge in [0.05, 0.1) is 13.2 Å². The van der Waals surface area contributed by atoms with Gasteiger partial charge in [0, 0.05) is 31.8 Å². The van der Waals surface area contributed by atoms with Gasteiger partial charge >= 0.3 is 0 Å². The molecule has 1 atom stereocenters. The molecule has 0 bridgehead atoms. The van der Waals surface area contributed by atoms with Crippen molar-refractivity contribution < 1.29 is 9.53 Å². The van der Waals surface area contributed by atoms with Gasteiger partial charge in [0.15, 0.2) is 0 Å². The summed E-state index contributed by atoms with van der Waals surface area (Å²) in [6.45, 7) is 4.10. The first-order chi connectivity index (χ1) is 8.24. The SMILES string of the molecule is NC(=O)CN1CCC(NC2CCCOC2)CC1. The van der Waals surface area contributed by atoms with Gasteiger partial charge in [0.2, 0.25) is 5.91 Å². The predicted octanol–water partition coefficient (Wildman–Crippen LogP) is -0.295. The quantitative estimate of drug-likeness (QED) is 0.709. The van der Waals surface area contributed by atoms with Gasteiger partial charge in [-0.1, -0.05) is 0 Å². The molecule has 17 heavy (non-hydrogen) atoms. The van der Waals surface area contributed by atoms with Crippen LogP contribution in [0.4, 0.5) is 0 Å². The maximum atomic E-state index is 10.8. The first-order valence-electron chi connectivity index (χ1n) is 6.58. The molecule has 2 fully saturated rings. The minimum Gasteiger partial charge on any atom is -0.380 e. The second-order valence-corrected chi connectivity index (χ2v) is 5.10. The zero-order valence-electron chi connectivity index (χ0n) is 10.4. The molecular weight excluding hydrogens is 218 g/mol. The fourth-order valence-electron chi connectivity index (χ4n) is 2.68. The molecule has 0 aromatic heterocycles. The molecule has 0 radical (unpaired) electrons. The maximum Gasteiger partial charge on any atom is 0.231 e. The normalized spacial score (nSPS) is 28.1. The van der Waals surface area contributed by atoms with Crippen molar-refractivity contribution in [1.82, 2.24) is 10.2 Å². The second-order valence-electron chi connectivity index (χ2n) is 5.10. The highest BCUT2D eigenvalue weighted by molar-refractivity contribution is 5.75. The summed E-state index contributed by atoms with van der Waals surface area (Å²) in [5.74, 6) is -0.225. The number of primary amides is 1. The van der Waals surface area contributed by atoms with Gasteiger partial charge in [0.1, 0.15) is 0 Å². The number of hydrogen-bond acceptors (Lipinski definition) is 4. The summed E-state index contributed by atoms with van der Waals surface area (Å²) < 4.78 is 5.46. The van der Waals surface area contributed by atoms with E-state index in [9.17, 15) is 4.79 Å². The number of carbonyl (C=O) groups excluding carboxylic acids is 1. The number of ether oxygens (including phenoxy) is 1. The molecule has 0 spiro atoms. The van der Waals surface area contributed by atoms with E-state index >= 15 is 0 Å². The Morgan fingerprint density at radius 3 is 2.65 bits per heavy atom. The Morgan fingerprint density at radius 1 is 1.29 bits per heavy atom. The number of nitrogens with zero attached hydrogens (tertiary/aromatic N) is 1. The average molecular weight is 241 g/mol. The fourth-order valence-corrected chi connectivity index (χ4v) is 2.68. The fraction of sp³-hybridized carbons (Fsp3) is 0.917. The minimum absolute atomic E-state index is 0.225. The summed E-state index contributed by atoms with van der Waals surface area (Å²) in [5, 5.41) is 3.66. The summed E-state index contributed by atoms with van der Waals surface area (Å²) in [7, 11) is 0. The molecule has 3 N–H and O–H groups in total. The number of piperidine rings is 1. The van der Waals surface area contributed by atoms with Gasteiger partial charge < -0.3 is 15.8 Å². The number of nitrogens with two attached hydrogens (primary N) is 1. The van der Waals surface area contributed by atoms with Gasteiger partial charge in [-0.15, -0.1) is 0 Å². The first-order valence-corrected chi connectivity index (χ1v) is 6.58. The molecule has 5 heteroatoms. The lowest BCUT2D eigenvalue weighted by Gasteiger charge is -2.35. The summed E-state index contributed by atoms with van der Waals surface area (Å²) in [5.41, 5.74) is 5.19. The van der Waals surface area contributed by atoms with Crippen LogP contribution in [-0.4, -0.2) is 55.7 Å². The summed E-state index contributed by atoms with van der Waals surface area (Å²) in [4.78, 5) is 13.0. The summed E-state index contributed by atoms with van der Waals surface area (Å²) >= 11 is 0. The van der Waals surface area contributed by atoms with Crippen LogP contribution in [0.1, 0.15) is 25.7 Å². The lowest BCUT2D eigenvalue weighted by molar-refractivity contribution is -0.119. The third-order valence-corrected chi connectivity index (χ3v) is 3.60. The van der Waals surface area contributed by atoms with E-state index in [4.69, 9.17) is 10.5 Å². The molecule has 2 aliphatic rings. The van der Waals surface area contributed by atoms with E-state index in [0.29, 0.717) is 18.6 Å². The second kappa shape index (κ2) is 6.33. The van der Waals surface area contributed by atoms with Crippen LogP contribution in [0.3, 0.4) is 0 Å². The van der Waals surface area contributed by atoms with E-state index in [-0.39, 0.29) is 5.91 Å². The highest BCUT2D eigenvalue weighted by Crippen LogP contribution is 2.13. The number of carbonyl (C=O) groups is 1. The minimum atomic E-state index is -0.225. The van der Waals surface area contributed by atoms with E-state index < -0.39 is 0 Å². The number of rotatable bonds is 4. The number of nitrogens with one attached hydrogen (secondary N) is 1. The summed E-state index contributed by atoms with van der Waals surface area (Å²) in [6, 6.07) is 1.10. The van der Waals surface area contributed by atoms with Crippen LogP contribution in [-0.2, 0) is 9.53 Å². The number of hydrogen-bond donors (Lipinski definition) is 2. The van der Waals surface area contributed by atoms with Crippen molar-refractivity contribution >= 4 is 5.91 Å². The van der Waals surface area contributed by atoms with Crippen LogP contribution >= 0.6 is 0 Å². The van der Waals surface area contributed by atoms with E-state index in [1.54, 1.807) is 0 Å². The number of amides is 1. The lowest BCUT2D eigenvalue weighted by Crippen LogP contribution is -2.49. The topological polar surface area (TPSA) is 67.6 Å². The molecule has 1 amide bonds. The number of likely N-dealkylation sites (tertiary alicyclic amines) is 1. The van der Waals surface area contributed by atoms with Crippen LogP contribution in [0.2, 0.25) is 0 Å². The van der Waals surface area contributed by atoms with E-state index in [0.717, 1.165) is 45.6 Å². The first kappa shape index (κ1) is 12.8. The Balaban J connectivity index is 1.66. The van der Waals surface area contributed by atoms with Crippen LogP contribution in [0.25, 0.3) is 0 Å². The van der Waals surface area contributed by atoms with Crippen molar-refractivity contribution in [2.45, 2.75) is 37.8 Å². The third kappa shape index (κ3) is 4.26. The van der Waals surface area contributed by atoms with Crippen LogP contribution in [0, 0.1) is 0 Å². The molecule has 0 saturated carbocycles. The lowest BCUT2D eigenvalue weighted by atomic mass is 10.0. The molecule has 2 aliphatic heterocycles. The highest BCUT2D eigenvalue weighted by atomic mass is 16.5. The van der Waals surface area contributed by atoms with Gasteiger partial charge in [-0.05, 0) is 25.7 Å². The zero-order chi connectivity index (χ0) is 12.1. The monoisotopic (exact) mass is 241 g/mol. The molecule has 0 aliphatic carbocycles. The molecule has 98 valence electrons. The van der Waals surface area contributed by atoms with Gasteiger partial charge in [-0.2, -0.15) is 0 Å². The molecule has 2 rings (SSSR count). The standard InChI is InChI=1S/C12H23N3O2/c13-12(16)8-15-5-3-10(4-6-15)14-11-2-1-7-17-9-11/h10-11,14H,1-9H2,(H2,13,16). The van der Waals surface area contributed by atoms with Crippen molar-refractivity contribution in [2.75, 3.05) is 32.8 Å². The van der Waals surface area contributed by atoms with Crippen LogP contribution in [0.15, 0.2) is 0 Å². The molecule has 0 aromatic carbocycles. The van der Waals surface area contributed by atoms with Gasteiger partial charge in [-0.25, -0.2) is 0 Å². The zero-order valence-corrected chi connectivity index (χ0v) is 10.4. The molecule has 0 aromatic rings. The van der Waals surface area contributed by atoms with E-state index in [1.165, 1.54) is 6.42 Å². The van der Waals surface area contributed by atoms with Crippen molar-refractivity contribution in [1.29, 1.82) is 0 Å². The Bertz CT molecular complexity index is 246. The van der Waals surface area contributed by atoms with Crippen molar-refractivity contribution in [3.8, 4) is 0 Å². The Labute approximate surface area is 103 Å². The Hall–Kier alpha value is -0.650. The summed E-state index contributed by atoms with van der Waals surface area (Å²) in [6.07, 6.45) is 4.59. The molecular formula is C12H23N3O2. The van der Waals surface area contributed by atoms with Gasteiger partial charge in [-0.3, -0.25) is 9.69 Å². The average Bonchev–Trinajstić information content (AvgIpc) is 2.32. The van der Waals surface area contributed by atoms with E-state index in [2.05, 4.69) is 10.2 Å². The smallest absolute Gasteiger partial charge is 0.231 e. The Kier molecular flexibility index (Phi) is 4.76. The van der Waals surface area contributed by atoms with Crippen molar-refractivity contribution in [2.24, 2.45) is 5.73 Å². The molecule has 5 nitrogen and oxygen atoms in total. The third-order valence-electron chi connectivity index (χ3n) is 3.60. The molecule has 1 unspecified atom stereocenters. The van der Waals surface area contributed by atoms with Crippen molar-refractivity contribution in [3.63, 3.8) is 0 Å². The Morgan fingerprint density at radius 2 is 2.06 bits per heavy atom. The van der Waals surface area contributed by atoms with Crippen LogP contribution < -0.4 is 11.1 Å².